The Labute approximate surface area is 211 Å². The van der Waals surface area contributed by atoms with E-state index in [2.05, 4.69) is 32.0 Å². The Morgan fingerprint density at radius 2 is 1.80 bits per heavy atom. The van der Waals surface area contributed by atoms with Crippen LogP contribution in [0.1, 0.15) is 31.4 Å². The Bertz CT molecular complexity index is 1300. The van der Waals surface area contributed by atoms with Crippen LogP contribution in [0.4, 0.5) is 0 Å². The summed E-state index contributed by atoms with van der Waals surface area (Å²) in [7, 11) is 0. The zero-order valence-corrected chi connectivity index (χ0v) is 20.7. The minimum absolute atomic E-state index is 0.0687. The van der Waals surface area contributed by atoms with Gasteiger partial charge in [0.25, 0.3) is 0 Å². The van der Waals surface area contributed by atoms with Gasteiger partial charge < -0.3 is 9.84 Å². The van der Waals surface area contributed by atoms with E-state index in [0.29, 0.717) is 29.7 Å². The lowest BCUT2D eigenvalue weighted by Gasteiger charge is -2.13. The topological polar surface area (TPSA) is 64.4 Å². The van der Waals surface area contributed by atoms with Gasteiger partial charge in [0.15, 0.2) is 0 Å². The highest BCUT2D eigenvalue weighted by Crippen LogP contribution is 2.34. The van der Waals surface area contributed by atoms with Crippen molar-refractivity contribution in [2.75, 3.05) is 0 Å². The van der Waals surface area contributed by atoms with Crippen LogP contribution in [0.15, 0.2) is 78.9 Å². The quantitative estimate of drug-likeness (QED) is 0.258. The van der Waals surface area contributed by atoms with Crippen molar-refractivity contribution in [2.45, 2.75) is 39.8 Å². The Hall–Kier alpha value is -3.57. The second-order valence-electron chi connectivity index (χ2n) is 9.00. The van der Waals surface area contributed by atoms with E-state index < -0.39 is 5.97 Å². The maximum absolute atomic E-state index is 11.1. The van der Waals surface area contributed by atoms with Gasteiger partial charge in [0, 0.05) is 23.6 Å². The second-order valence-corrected chi connectivity index (χ2v) is 9.44. The zero-order chi connectivity index (χ0) is 24.8. The van der Waals surface area contributed by atoms with E-state index in [1.807, 2.05) is 65.3 Å². The third-order valence-corrected chi connectivity index (χ3v) is 5.85. The third-order valence-electron chi connectivity index (χ3n) is 5.62. The van der Waals surface area contributed by atoms with Crippen LogP contribution in [0, 0.1) is 5.92 Å². The molecule has 6 heteroatoms. The van der Waals surface area contributed by atoms with Crippen molar-refractivity contribution >= 4 is 17.6 Å². The molecule has 4 aromatic rings. The smallest absolute Gasteiger partial charge is 0.303 e. The molecule has 35 heavy (non-hydrogen) atoms. The number of carboxylic acid groups (broad SMARTS) is 1. The third kappa shape index (κ3) is 6.52. The lowest BCUT2D eigenvalue weighted by Crippen LogP contribution is -2.07. The van der Waals surface area contributed by atoms with Gasteiger partial charge in [0.05, 0.1) is 11.4 Å². The molecule has 0 spiro atoms. The second kappa shape index (κ2) is 11.2. The van der Waals surface area contributed by atoms with Gasteiger partial charge in [0.1, 0.15) is 12.4 Å². The maximum Gasteiger partial charge on any atom is 0.303 e. The number of hydrogen-bond acceptors (Lipinski definition) is 3. The molecule has 0 saturated heterocycles. The van der Waals surface area contributed by atoms with Crippen LogP contribution >= 0.6 is 11.6 Å². The monoisotopic (exact) mass is 488 g/mol. The van der Waals surface area contributed by atoms with Gasteiger partial charge in [-0.2, -0.15) is 5.10 Å². The number of ether oxygens (including phenoxy) is 1. The van der Waals surface area contributed by atoms with E-state index in [9.17, 15) is 4.79 Å². The zero-order valence-electron chi connectivity index (χ0n) is 19.9. The molecule has 180 valence electrons. The van der Waals surface area contributed by atoms with Crippen molar-refractivity contribution in [3.8, 4) is 28.3 Å². The molecule has 0 aliphatic rings. The number of carbonyl (C=O) groups is 1. The molecule has 0 fully saturated rings. The van der Waals surface area contributed by atoms with Crippen molar-refractivity contribution in [2.24, 2.45) is 5.92 Å². The Balaban J connectivity index is 1.74. The first-order valence-corrected chi connectivity index (χ1v) is 12.1. The predicted molar refractivity (Wildman–Crippen MR) is 140 cm³/mol. The summed E-state index contributed by atoms with van der Waals surface area (Å²) >= 11 is 6.14. The number of aryl methyl sites for hydroxylation is 1. The number of rotatable bonds is 10. The summed E-state index contributed by atoms with van der Waals surface area (Å²) in [5, 5.41) is 14.8. The molecule has 0 atom stereocenters. The summed E-state index contributed by atoms with van der Waals surface area (Å²) in [4.78, 5) is 11.1. The van der Waals surface area contributed by atoms with E-state index in [-0.39, 0.29) is 6.42 Å². The maximum atomic E-state index is 11.1. The van der Waals surface area contributed by atoms with Gasteiger partial charge in [-0.05, 0) is 59.4 Å². The SMILES string of the molecule is CC(C)Cn1nc(-c2cc(CCC(=O)O)ccc2OCc2cccc(Cl)c2)cc1-c1ccccc1. The van der Waals surface area contributed by atoms with Crippen LogP contribution in [0.5, 0.6) is 5.75 Å². The van der Waals surface area contributed by atoms with Crippen molar-refractivity contribution < 1.29 is 14.6 Å². The van der Waals surface area contributed by atoms with E-state index >= 15 is 0 Å². The summed E-state index contributed by atoms with van der Waals surface area (Å²) in [5.41, 5.74) is 5.66. The summed E-state index contributed by atoms with van der Waals surface area (Å²) < 4.78 is 8.27. The van der Waals surface area contributed by atoms with Crippen LogP contribution in [0.3, 0.4) is 0 Å². The number of aromatic nitrogens is 2. The molecule has 5 nitrogen and oxygen atoms in total. The van der Waals surface area contributed by atoms with E-state index in [4.69, 9.17) is 26.5 Å². The number of benzene rings is 3. The first-order chi connectivity index (χ1) is 16.9. The molecule has 1 aromatic heterocycles. The highest BCUT2D eigenvalue weighted by Gasteiger charge is 2.17. The van der Waals surface area contributed by atoms with Gasteiger partial charge in [0.2, 0.25) is 0 Å². The van der Waals surface area contributed by atoms with Gasteiger partial charge >= 0.3 is 5.97 Å². The number of aliphatic carboxylic acids is 1. The van der Waals surface area contributed by atoms with Crippen molar-refractivity contribution in [3.63, 3.8) is 0 Å². The van der Waals surface area contributed by atoms with Gasteiger partial charge in [-0.1, -0.05) is 74.0 Å². The average molecular weight is 489 g/mol. The molecule has 0 saturated carbocycles. The normalized spacial score (nSPS) is 11.1. The first-order valence-electron chi connectivity index (χ1n) is 11.7. The first kappa shape index (κ1) is 24.6. The number of nitrogens with zero attached hydrogens (tertiary/aromatic N) is 2. The Morgan fingerprint density at radius 1 is 1.00 bits per heavy atom. The van der Waals surface area contributed by atoms with Crippen LogP contribution in [-0.2, 0) is 24.4 Å². The Morgan fingerprint density at radius 3 is 2.51 bits per heavy atom. The molecule has 0 radical (unpaired) electrons. The van der Waals surface area contributed by atoms with Gasteiger partial charge in [-0.3, -0.25) is 9.48 Å². The van der Waals surface area contributed by atoms with E-state index in [0.717, 1.165) is 40.2 Å². The Kier molecular flexibility index (Phi) is 7.88. The summed E-state index contributed by atoms with van der Waals surface area (Å²) in [5.74, 6) is 0.295. The average Bonchev–Trinajstić information content (AvgIpc) is 3.25. The lowest BCUT2D eigenvalue weighted by atomic mass is 10.0. The van der Waals surface area contributed by atoms with Crippen molar-refractivity contribution in [3.05, 3.63) is 95.0 Å². The highest BCUT2D eigenvalue weighted by molar-refractivity contribution is 6.30. The fraction of sp³-hybridized carbons (Fsp3) is 0.241. The molecule has 3 aromatic carbocycles. The largest absolute Gasteiger partial charge is 0.488 e. The summed E-state index contributed by atoms with van der Waals surface area (Å²) in [6, 6.07) is 25.7. The van der Waals surface area contributed by atoms with Crippen molar-refractivity contribution in [1.82, 2.24) is 9.78 Å². The standard InChI is InChI=1S/C29H29ClN2O3/c1-20(2)18-32-27(23-8-4-3-5-9-23)17-26(31-32)25-16-21(12-14-29(33)34)11-13-28(25)35-19-22-7-6-10-24(30)15-22/h3-11,13,15-17,20H,12,14,18-19H2,1-2H3,(H,33,34). The lowest BCUT2D eigenvalue weighted by molar-refractivity contribution is -0.136. The molecule has 0 amide bonds. The molecule has 0 bridgehead atoms. The molecule has 1 N–H and O–H groups in total. The number of hydrogen-bond donors (Lipinski definition) is 1. The highest BCUT2D eigenvalue weighted by atomic mass is 35.5. The molecule has 1 heterocycles. The molecule has 4 rings (SSSR count). The van der Waals surface area contributed by atoms with Crippen LogP contribution in [-0.4, -0.2) is 20.9 Å². The van der Waals surface area contributed by atoms with Gasteiger partial charge in [-0.25, -0.2) is 0 Å². The molecule has 0 aliphatic carbocycles. The van der Waals surface area contributed by atoms with Crippen LogP contribution in [0.2, 0.25) is 5.02 Å². The fourth-order valence-electron chi connectivity index (χ4n) is 3.97. The minimum atomic E-state index is -0.819. The van der Waals surface area contributed by atoms with Crippen LogP contribution in [0.25, 0.3) is 22.5 Å². The van der Waals surface area contributed by atoms with E-state index in [1.165, 1.54) is 0 Å². The predicted octanol–water partition coefficient (Wildman–Crippen LogP) is 7.12. The fourth-order valence-corrected chi connectivity index (χ4v) is 4.19. The van der Waals surface area contributed by atoms with E-state index in [1.54, 1.807) is 0 Å². The number of halogens is 1. The molecule has 0 unspecified atom stereocenters. The van der Waals surface area contributed by atoms with Gasteiger partial charge in [-0.15, -0.1) is 0 Å². The number of carboxylic acids is 1. The molecule has 0 aliphatic heterocycles. The summed E-state index contributed by atoms with van der Waals surface area (Å²) in [6.07, 6.45) is 0.508. The minimum Gasteiger partial charge on any atom is -0.488 e. The summed E-state index contributed by atoms with van der Waals surface area (Å²) in [6.45, 7) is 5.48. The van der Waals surface area contributed by atoms with Crippen molar-refractivity contribution in [1.29, 1.82) is 0 Å². The van der Waals surface area contributed by atoms with Crippen LogP contribution < -0.4 is 4.74 Å². The molecular weight excluding hydrogens is 460 g/mol. The molecular formula is C29H29ClN2O3.